The number of nitrogens with zero attached hydrogens (tertiary/aromatic N) is 1. The lowest BCUT2D eigenvalue weighted by molar-refractivity contribution is -0.142. The molecular formula is C12H15FN2O2. The number of nitrogens with one attached hydrogen (secondary N) is 1. The Labute approximate surface area is 99.4 Å². The molecule has 1 N–H and O–H groups in total. The van der Waals surface area contributed by atoms with E-state index in [0.29, 0.717) is 13.1 Å². The third kappa shape index (κ3) is 3.27. The third-order valence-corrected chi connectivity index (χ3v) is 2.37. The second-order valence-electron chi connectivity index (χ2n) is 3.41. The van der Waals surface area contributed by atoms with Crippen LogP contribution in [0.25, 0.3) is 0 Å². The van der Waals surface area contributed by atoms with Gasteiger partial charge in [0.05, 0.1) is 5.69 Å². The number of likely N-dealkylation sites (N-methyl/N-ethyl adjacent to an activating group) is 1. The zero-order valence-electron chi connectivity index (χ0n) is 9.87. The van der Waals surface area contributed by atoms with Gasteiger partial charge in [-0.3, -0.25) is 9.59 Å². The van der Waals surface area contributed by atoms with Crippen LogP contribution in [0.5, 0.6) is 0 Å². The van der Waals surface area contributed by atoms with Gasteiger partial charge in [-0.1, -0.05) is 12.1 Å². The highest BCUT2D eigenvalue weighted by atomic mass is 19.1. The van der Waals surface area contributed by atoms with Crippen LogP contribution >= 0.6 is 0 Å². The lowest BCUT2D eigenvalue weighted by Gasteiger charge is -2.17. The average Bonchev–Trinajstić information content (AvgIpc) is 2.33. The molecule has 1 aromatic rings. The van der Waals surface area contributed by atoms with Gasteiger partial charge in [0, 0.05) is 13.1 Å². The number of anilines is 1. The van der Waals surface area contributed by atoms with E-state index in [9.17, 15) is 14.0 Å². The molecule has 0 radical (unpaired) electrons. The summed E-state index contributed by atoms with van der Waals surface area (Å²) in [6.07, 6.45) is 0. The molecule has 0 atom stereocenters. The molecule has 0 fully saturated rings. The predicted octanol–water partition coefficient (Wildman–Crippen LogP) is 1.63. The van der Waals surface area contributed by atoms with Crippen molar-refractivity contribution in [1.82, 2.24) is 4.90 Å². The highest BCUT2D eigenvalue weighted by Crippen LogP contribution is 2.12. The smallest absolute Gasteiger partial charge is 0.313 e. The van der Waals surface area contributed by atoms with Crippen molar-refractivity contribution in [3.8, 4) is 0 Å². The molecular weight excluding hydrogens is 223 g/mol. The van der Waals surface area contributed by atoms with Crippen molar-refractivity contribution in [2.24, 2.45) is 0 Å². The van der Waals surface area contributed by atoms with E-state index in [2.05, 4.69) is 5.32 Å². The van der Waals surface area contributed by atoms with Crippen LogP contribution in [0.1, 0.15) is 13.8 Å². The number of hydrogen-bond donors (Lipinski definition) is 1. The van der Waals surface area contributed by atoms with Crippen LogP contribution in [0.4, 0.5) is 10.1 Å². The van der Waals surface area contributed by atoms with Crippen LogP contribution in [-0.4, -0.2) is 29.8 Å². The number of hydrogen-bond acceptors (Lipinski definition) is 2. The van der Waals surface area contributed by atoms with E-state index in [0.717, 1.165) is 0 Å². The number of carbonyl (C=O) groups is 2. The van der Waals surface area contributed by atoms with Gasteiger partial charge in [-0.2, -0.15) is 0 Å². The molecule has 17 heavy (non-hydrogen) atoms. The summed E-state index contributed by atoms with van der Waals surface area (Å²) in [5, 5.41) is 2.25. The maximum atomic E-state index is 13.2. The Balaban J connectivity index is 2.73. The van der Waals surface area contributed by atoms with E-state index in [1.165, 1.54) is 23.1 Å². The van der Waals surface area contributed by atoms with Crippen LogP contribution in [-0.2, 0) is 9.59 Å². The Morgan fingerprint density at radius 3 is 2.35 bits per heavy atom. The van der Waals surface area contributed by atoms with Crippen LogP contribution in [0.15, 0.2) is 24.3 Å². The lowest BCUT2D eigenvalue weighted by Crippen LogP contribution is -2.39. The van der Waals surface area contributed by atoms with Crippen molar-refractivity contribution < 1.29 is 14.0 Å². The Hall–Kier alpha value is -1.91. The van der Waals surface area contributed by atoms with Gasteiger partial charge in [0.2, 0.25) is 0 Å². The monoisotopic (exact) mass is 238 g/mol. The molecule has 4 nitrogen and oxygen atoms in total. The molecule has 5 heteroatoms. The van der Waals surface area contributed by atoms with Gasteiger partial charge in [-0.15, -0.1) is 0 Å². The molecule has 0 aliphatic heterocycles. The first-order valence-electron chi connectivity index (χ1n) is 5.44. The van der Waals surface area contributed by atoms with Crippen molar-refractivity contribution >= 4 is 17.5 Å². The SMILES string of the molecule is CCN(CC)C(=O)C(=O)Nc1ccccc1F. The Morgan fingerprint density at radius 2 is 1.82 bits per heavy atom. The summed E-state index contributed by atoms with van der Waals surface area (Å²) in [5.41, 5.74) is 0.0120. The third-order valence-electron chi connectivity index (χ3n) is 2.37. The molecule has 0 saturated heterocycles. The fourth-order valence-electron chi connectivity index (χ4n) is 1.39. The summed E-state index contributed by atoms with van der Waals surface area (Å²) in [6.45, 7) is 4.44. The first-order chi connectivity index (χ1) is 8.10. The van der Waals surface area contributed by atoms with Gasteiger partial charge in [0.25, 0.3) is 0 Å². The highest BCUT2D eigenvalue weighted by Gasteiger charge is 2.20. The molecule has 0 unspecified atom stereocenters. The molecule has 0 bridgehead atoms. The zero-order chi connectivity index (χ0) is 12.8. The standard InChI is InChI=1S/C12H15FN2O2/c1-3-15(4-2)12(17)11(16)14-10-8-6-5-7-9(10)13/h5-8H,3-4H2,1-2H3,(H,14,16). The minimum Gasteiger partial charge on any atom is -0.335 e. The minimum absolute atomic E-state index is 0.0120. The van der Waals surface area contributed by atoms with Crippen molar-refractivity contribution in [3.05, 3.63) is 30.1 Å². The van der Waals surface area contributed by atoms with Crippen molar-refractivity contribution in [1.29, 1.82) is 0 Å². The quantitative estimate of drug-likeness (QED) is 0.814. The van der Waals surface area contributed by atoms with Gasteiger partial charge in [0.15, 0.2) is 0 Å². The van der Waals surface area contributed by atoms with E-state index in [1.54, 1.807) is 19.9 Å². The molecule has 0 aliphatic carbocycles. The van der Waals surface area contributed by atoms with E-state index >= 15 is 0 Å². The predicted molar refractivity (Wildman–Crippen MR) is 63.0 cm³/mol. The number of rotatable bonds is 3. The molecule has 0 aromatic heterocycles. The van der Waals surface area contributed by atoms with Gasteiger partial charge >= 0.3 is 11.8 Å². The normalized spacial score (nSPS) is 9.82. The molecule has 1 rings (SSSR count). The fraction of sp³-hybridized carbons (Fsp3) is 0.333. The second-order valence-corrected chi connectivity index (χ2v) is 3.41. The molecule has 2 amide bonds. The summed E-state index contributed by atoms with van der Waals surface area (Å²) in [5.74, 6) is -2.04. The van der Waals surface area contributed by atoms with Crippen LogP contribution < -0.4 is 5.32 Å². The van der Waals surface area contributed by atoms with Gasteiger partial charge in [-0.05, 0) is 26.0 Å². The zero-order valence-corrected chi connectivity index (χ0v) is 9.87. The van der Waals surface area contributed by atoms with Crippen LogP contribution in [0, 0.1) is 5.82 Å². The van der Waals surface area contributed by atoms with Gasteiger partial charge < -0.3 is 10.2 Å². The Kier molecular flexibility index (Phi) is 4.63. The number of para-hydroxylation sites is 1. The lowest BCUT2D eigenvalue weighted by atomic mass is 10.3. The molecule has 0 heterocycles. The largest absolute Gasteiger partial charge is 0.335 e. The summed E-state index contributed by atoms with van der Waals surface area (Å²) >= 11 is 0. The van der Waals surface area contributed by atoms with Crippen molar-refractivity contribution in [2.45, 2.75) is 13.8 Å². The van der Waals surface area contributed by atoms with Crippen molar-refractivity contribution in [3.63, 3.8) is 0 Å². The number of carbonyl (C=O) groups excluding carboxylic acids is 2. The number of amides is 2. The second kappa shape index (κ2) is 5.98. The van der Waals surface area contributed by atoms with Crippen LogP contribution in [0.2, 0.25) is 0 Å². The minimum atomic E-state index is -0.821. The molecule has 0 spiro atoms. The summed E-state index contributed by atoms with van der Waals surface area (Å²) in [7, 11) is 0. The average molecular weight is 238 g/mol. The fourth-order valence-corrected chi connectivity index (χ4v) is 1.39. The van der Waals surface area contributed by atoms with E-state index in [4.69, 9.17) is 0 Å². The maximum absolute atomic E-state index is 13.2. The first kappa shape index (κ1) is 13.2. The Bertz CT molecular complexity index is 417. The number of halogens is 1. The maximum Gasteiger partial charge on any atom is 0.313 e. The summed E-state index contributed by atoms with van der Waals surface area (Å²) in [6, 6.07) is 5.72. The van der Waals surface area contributed by atoms with Crippen LogP contribution in [0.3, 0.4) is 0 Å². The number of benzene rings is 1. The van der Waals surface area contributed by atoms with Crippen molar-refractivity contribution in [2.75, 3.05) is 18.4 Å². The molecule has 0 aliphatic rings. The Morgan fingerprint density at radius 1 is 1.24 bits per heavy atom. The van der Waals surface area contributed by atoms with E-state index in [1.807, 2.05) is 0 Å². The molecule has 0 saturated carbocycles. The van der Waals surface area contributed by atoms with Gasteiger partial charge in [-0.25, -0.2) is 4.39 Å². The first-order valence-corrected chi connectivity index (χ1v) is 5.44. The molecule has 1 aromatic carbocycles. The highest BCUT2D eigenvalue weighted by molar-refractivity contribution is 6.39. The van der Waals surface area contributed by atoms with Gasteiger partial charge in [0.1, 0.15) is 5.82 Å². The summed E-state index contributed by atoms with van der Waals surface area (Å²) in [4.78, 5) is 24.5. The molecule has 92 valence electrons. The van der Waals surface area contributed by atoms with E-state index in [-0.39, 0.29) is 5.69 Å². The van der Waals surface area contributed by atoms with E-state index < -0.39 is 17.6 Å². The summed E-state index contributed by atoms with van der Waals surface area (Å²) < 4.78 is 13.2. The topological polar surface area (TPSA) is 49.4 Å².